The number of hydrogen-bond acceptors (Lipinski definition) is 5. The summed E-state index contributed by atoms with van der Waals surface area (Å²) in [7, 11) is 0. The van der Waals surface area contributed by atoms with E-state index in [4.69, 9.17) is 10.8 Å². The number of nitrogens with two attached hydrogens (primary N) is 1. The third-order valence-corrected chi connectivity index (χ3v) is 5.62. The number of fused-ring (bicyclic) bond motifs is 1. The molecule has 29 heavy (non-hydrogen) atoms. The molecule has 0 saturated carbocycles. The van der Waals surface area contributed by atoms with Crippen LogP contribution < -0.4 is 11.1 Å². The number of carbonyl (C=O) groups is 3. The average molecular weight is 415 g/mol. The molecular formula is C19H21N5O4S. The number of primary amides is 1. The van der Waals surface area contributed by atoms with Crippen LogP contribution in [-0.4, -0.2) is 56.8 Å². The van der Waals surface area contributed by atoms with E-state index < -0.39 is 18.0 Å². The van der Waals surface area contributed by atoms with Crippen molar-refractivity contribution in [2.24, 2.45) is 5.73 Å². The van der Waals surface area contributed by atoms with Gasteiger partial charge >= 0.3 is 12.0 Å². The normalized spacial score (nSPS) is 11.9. The summed E-state index contributed by atoms with van der Waals surface area (Å²) in [6.07, 6.45) is 0. The lowest BCUT2D eigenvalue weighted by Gasteiger charge is -2.24. The average Bonchev–Trinajstić information content (AvgIpc) is 3.25. The first kappa shape index (κ1) is 20.3. The van der Waals surface area contributed by atoms with Crippen LogP contribution in [0.2, 0.25) is 0 Å². The lowest BCUT2D eigenvalue weighted by atomic mass is 10.3. The van der Waals surface area contributed by atoms with Crippen LogP contribution in [0.1, 0.15) is 22.3 Å². The molecule has 152 valence electrons. The number of hydrogen-bond donors (Lipinski definition) is 3. The number of amides is 3. The van der Waals surface area contributed by atoms with Gasteiger partial charge in [-0.1, -0.05) is 18.2 Å². The van der Waals surface area contributed by atoms with E-state index in [1.807, 2.05) is 37.3 Å². The first-order valence-corrected chi connectivity index (χ1v) is 9.73. The molecule has 2 aromatic heterocycles. The fraction of sp³-hybridized carbons (Fsp3) is 0.263. The minimum Gasteiger partial charge on any atom is -0.480 e. The Morgan fingerprint density at radius 3 is 2.62 bits per heavy atom. The number of urea groups is 1. The second-order valence-electron chi connectivity index (χ2n) is 6.46. The van der Waals surface area contributed by atoms with Crippen LogP contribution in [-0.2, 0) is 4.79 Å². The molecule has 1 unspecified atom stereocenters. The summed E-state index contributed by atoms with van der Waals surface area (Å²) >= 11 is 1.31. The van der Waals surface area contributed by atoms with Gasteiger partial charge in [0.15, 0.2) is 0 Å². The highest BCUT2D eigenvalue weighted by atomic mass is 32.1. The lowest BCUT2D eigenvalue weighted by molar-refractivity contribution is -0.141. The number of thiophene rings is 1. The van der Waals surface area contributed by atoms with Gasteiger partial charge in [0.1, 0.15) is 10.9 Å². The van der Waals surface area contributed by atoms with Crippen molar-refractivity contribution in [2.75, 3.05) is 13.1 Å². The molecular weight excluding hydrogens is 394 g/mol. The number of nitrogens with zero attached hydrogens (tertiary/aromatic N) is 3. The van der Waals surface area contributed by atoms with E-state index in [1.165, 1.54) is 18.3 Å². The topological polar surface area (TPSA) is 131 Å². The molecule has 0 fully saturated rings. The molecule has 0 radical (unpaired) electrons. The maximum absolute atomic E-state index is 12.5. The van der Waals surface area contributed by atoms with Crippen LogP contribution in [0.4, 0.5) is 4.79 Å². The highest BCUT2D eigenvalue weighted by Crippen LogP contribution is 2.30. The summed E-state index contributed by atoms with van der Waals surface area (Å²) in [5.41, 5.74) is 6.95. The quantitative estimate of drug-likeness (QED) is 0.543. The molecule has 10 heteroatoms. The molecule has 1 aromatic carbocycles. The molecule has 1 atom stereocenters. The Balaban J connectivity index is 1.73. The summed E-state index contributed by atoms with van der Waals surface area (Å²) in [4.78, 5) is 37.4. The maximum Gasteiger partial charge on any atom is 0.326 e. The van der Waals surface area contributed by atoms with Crippen LogP contribution in [0.25, 0.3) is 15.9 Å². The summed E-state index contributed by atoms with van der Waals surface area (Å²) in [6.45, 7) is 3.32. The van der Waals surface area contributed by atoms with Gasteiger partial charge in [0.25, 0.3) is 5.91 Å². The van der Waals surface area contributed by atoms with Gasteiger partial charge in [-0.2, -0.15) is 5.10 Å². The van der Waals surface area contributed by atoms with Crippen molar-refractivity contribution in [1.29, 1.82) is 0 Å². The second kappa shape index (κ2) is 8.31. The van der Waals surface area contributed by atoms with Crippen molar-refractivity contribution in [2.45, 2.75) is 19.9 Å². The number of aryl methyl sites for hydroxylation is 1. The minimum absolute atomic E-state index is 0.00371. The van der Waals surface area contributed by atoms with Gasteiger partial charge in [-0.3, -0.25) is 4.79 Å². The Bertz CT molecular complexity index is 1060. The predicted octanol–water partition coefficient (Wildman–Crippen LogP) is 1.98. The number of carbonyl (C=O) groups excluding carboxylic acids is 2. The molecule has 3 amide bonds. The number of nitrogens with one attached hydrogen (secondary N) is 1. The molecule has 0 saturated heterocycles. The third kappa shape index (κ3) is 4.21. The number of carboxylic acid groups (broad SMARTS) is 1. The zero-order valence-electron chi connectivity index (χ0n) is 16.0. The third-order valence-electron chi connectivity index (χ3n) is 4.52. The Morgan fingerprint density at radius 1 is 1.31 bits per heavy atom. The van der Waals surface area contributed by atoms with E-state index in [9.17, 15) is 14.4 Å². The highest BCUT2D eigenvalue weighted by molar-refractivity contribution is 7.20. The van der Waals surface area contributed by atoms with Crippen LogP contribution >= 0.6 is 11.3 Å². The van der Waals surface area contributed by atoms with Crippen molar-refractivity contribution < 1.29 is 19.5 Å². The van der Waals surface area contributed by atoms with Crippen LogP contribution in [0.5, 0.6) is 0 Å². The summed E-state index contributed by atoms with van der Waals surface area (Å²) in [5, 5.41) is 17.2. The van der Waals surface area contributed by atoms with Gasteiger partial charge in [-0.25, -0.2) is 14.3 Å². The largest absolute Gasteiger partial charge is 0.480 e. The standard InChI is InChI=1S/C19H21N5O4S/c1-11-14-10-15(29-17(14)24(22-11)13-6-4-3-5-7-13)16(25)21-8-9-23(19(20)28)12(2)18(26)27/h3-7,10,12H,8-9H2,1-2H3,(H2,20,28)(H,21,25)(H,26,27). The van der Waals surface area contributed by atoms with Gasteiger partial charge in [0.2, 0.25) is 0 Å². The molecule has 3 aromatic rings. The van der Waals surface area contributed by atoms with E-state index >= 15 is 0 Å². The van der Waals surface area contributed by atoms with Crippen LogP contribution in [0.15, 0.2) is 36.4 Å². The second-order valence-corrected chi connectivity index (χ2v) is 7.49. The monoisotopic (exact) mass is 415 g/mol. The Kier molecular flexibility index (Phi) is 5.83. The van der Waals surface area contributed by atoms with E-state index in [0.717, 1.165) is 26.5 Å². The van der Waals surface area contributed by atoms with Crippen molar-refractivity contribution in [3.8, 4) is 5.69 Å². The van der Waals surface area contributed by atoms with Gasteiger partial charge in [0.05, 0.1) is 16.3 Å². The number of benzene rings is 1. The number of para-hydroxylation sites is 1. The van der Waals surface area contributed by atoms with Crippen molar-refractivity contribution >= 4 is 39.5 Å². The maximum atomic E-state index is 12.5. The smallest absolute Gasteiger partial charge is 0.326 e. The Labute approximate surface area is 170 Å². The summed E-state index contributed by atoms with van der Waals surface area (Å²) in [5.74, 6) is -1.47. The molecule has 4 N–H and O–H groups in total. The number of aliphatic carboxylic acids is 1. The Morgan fingerprint density at radius 2 is 2.00 bits per heavy atom. The molecule has 0 aliphatic rings. The fourth-order valence-electron chi connectivity index (χ4n) is 2.91. The number of carboxylic acids is 1. The predicted molar refractivity (Wildman–Crippen MR) is 109 cm³/mol. The van der Waals surface area contributed by atoms with Crippen LogP contribution in [0.3, 0.4) is 0 Å². The van der Waals surface area contributed by atoms with E-state index in [1.54, 1.807) is 10.7 Å². The van der Waals surface area contributed by atoms with E-state index in [-0.39, 0.29) is 19.0 Å². The zero-order chi connectivity index (χ0) is 21.1. The molecule has 2 heterocycles. The first-order chi connectivity index (χ1) is 13.8. The number of rotatable bonds is 7. The Hall–Kier alpha value is -3.40. The highest BCUT2D eigenvalue weighted by Gasteiger charge is 2.24. The SMILES string of the molecule is Cc1nn(-c2ccccc2)c2sc(C(=O)NCCN(C(N)=O)C(C)C(=O)O)cc12. The molecule has 0 bridgehead atoms. The van der Waals surface area contributed by atoms with Gasteiger partial charge in [0, 0.05) is 18.5 Å². The van der Waals surface area contributed by atoms with Gasteiger partial charge < -0.3 is 21.1 Å². The van der Waals surface area contributed by atoms with E-state index in [2.05, 4.69) is 10.4 Å². The van der Waals surface area contributed by atoms with Crippen molar-refractivity contribution in [1.82, 2.24) is 20.0 Å². The molecule has 0 aliphatic heterocycles. The molecule has 9 nitrogen and oxygen atoms in total. The van der Waals surface area contributed by atoms with Gasteiger partial charge in [-0.05, 0) is 32.0 Å². The van der Waals surface area contributed by atoms with Gasteiger partial charge in [-0.15, -0.1) is 11.3 Å². The van der Waals surface area contributed by atoms with Crippen molar-refractivity contribution in [3.05, 3.63) is 47.0 Å². The number of aromatic nitrogens is 2. The first-order valence-electron chi connectivity index (χ1n) is 8.91. The molecule has 3 rings (SSSR count). The molecule has 0 spiro atoms. The summed E-state index contributed by atoms with van der Waals surface area (Å²) < 4.78 is 1.80. The lowest BCUT2D eigenvalue weighted by Crippen LogP contribution is -2.49. The minimum atomic E-state index is -1.17. The van der Waals surface area contributed by atoms with Crippen molar-refractivity contribution in [3.63, 3.8) is 0 Å². The molecule has 0 aliphatic carbocycles. The van der Waals surface area contributed by atoms with Crippen LogP contribution in [0, 0.1) is 6.92 Å². The summed E-state index contributed by atoms with van der Waals surface area (Å²) in [6, 6.07) is 9.49. The van der Waals surface area contributed by atoms with E-state index in [0.29, 0.717) is 4.88 Å². The zero-order valence-corrected chi connectivity index (χ0v) is 16.8. The fourth-order valence-corrected chi connectivity index (χ4v) is 4.01.